The van der Waals surface area contributed by atoms with E-state index in [-0.39, 0.29) is 24.4 Å². The summed E-state index contributed by atoms with van der Waals surface area (Å²) in [5, 5.41) is 0. The Balaban J connectivity index is 0.644. The van der Waals surface area contributed by atoms with Crippen molar-refractivity contribution in [2.75, 3.05) is 79.3 Å². The number of benzene rings is 2. The third-order valence-corrected chi connectivity index (χ3v) is 20.7. The second kappa shape index (κ2) is 31.8. The molecule has 0 radical (unpaired) electrons. The number of ether oxygens (including phenoxy) is 28. The lowest BCUT2D eigenvalue weighted by molar-refractivity contribution is -0.236. The first kappa shape index (κ1) is 79.1. The Kier molecular flexibility index (Phi) is 23.7. The molecule has 28 heteroatoms. The standard InChI is InChI=1S/C78H116O28/c1-44(47-28-26-45(79-30-18-22-34-83-59-55(51-40-87-71(2,3)95-51)91-67-63(59)99-75(10,11)103-67)38-49(47)81-32-20-24-36-85-61-57(53-42-89-73(6,7)97-53)93-69-65(61)101-77(14,15)105-69)48-29-27-46(80-31-19-23-35-84-60-56(52-41-88-72(4,5)96-52)92-68-64(60)100-76(12,13)104-68)39-50(48)82-33-21-25-37-86-62-58(54-43-90-74(8,9)98-54)94-70-66(62)102-78(16,17)106-70/h26-29,38-39,51-70H,1,18-25,30-37,40-43H2,2-17H3/t51-,52-,53-,54-,55-,56-,57-,58-,59+,60+,61+,62+,63-,64-,65-,66-,67-,68-,69-,70-/m1/s1. The van der Waals surface area contributed by atoms with Gasteiger partial charge in [0.1, 0.15) is 121 Å². The molecule has 12 heterocycles. The Morgan fingerprint density at radius 2 is 0.547 bits per heavy atom. The third kappa shape index (κ3) is 18.7. The van der Waals surface area contributed by atoms with Gasteiger partial charge in [0.15, 0.2) is 71.5 Å². The molecule has 12 aliphatic rings. The molecule has 28 nitrogen and oxygen atoms in total. The lowest BCUT2D eigenvalue weighted by atomic mass is 9.97. The molecule has 0 N–H and O–H groups in total. The second-order valence-corrected chi connectivity index (χ2v) is 33.1. The van der Waals surface area contributed by atoms with Crippen molar-refractivity contribution >= 4 is 5.57 Å². The normalized spacial score (nSPS) is 37.7. The van der Waals surface area contributed by atoms with Crippen LogP contribution in [0.4, 0.5) is 0 Å². The van der Waals surface area contributed by atoms with Gasteiger partial charge in [-0.3, -0.25) is 0 Å². The Labute approximate surface area is 623 Å². The predicted molar refractivity (Wildman–Crippen MR) is 373 cm³/mol. The quantitative estimate of drug-likeness (QED) is 0.0590. The van der Waals surface area contributed by atoms with Gasteiger partial charge in [-0.2, -0.15) is 0 Å². The van der Waals surface area contributed by atoms with Crippen molar-refractivity contribution < 1.29 is 133 Å². The highest BCUT2D eigenvalue weighted by molar-refractivity contribution is 5.84. The fourth-order valence-corrected chi connectivity index (χ4v) is 16.0. The Hall–Kier alpha value is -3.58. The van der Waals surface area contributed by atoms with Gasteiger partial charge in [-0.05, 0) is 192 Å². The molecule has 2 aromatic rings. The summed E-state index contributed by atoms with van der Waals surface area (Å²) < 4.78 is 177. The highest BCUT2D eigenvalue weighted by Crippen LogP contribution is 2.48. The van der Waals surface area contributed by atoms with E-state index in [1.54, 1.807) is 0 Å². The van der Waals surface area contributed by atoms with E-state index in [9.17, 15) is 0 Å². The number of fused-ring (bicyclic) bond motifs is 4. The Morgan fingerprint density at radius 1 is 0.302 bits per heavy atom. The predicted octanol–water partition coefficient (Wildman–Crippen LogP) is 10.0. The van der Waals surface area contributed by atoms with Crippen LogP contribution in [0.3, 0.4) is 0 Å². The summed E-state index contributed by atoms with van der Waals surface area (Å²) in [4.78, 5) is 0. The summed E-state index contributed by atoms with van der Waals surface area (Å²) in [5.74, 6) is -3.84. The Morgan fingerprint density at radius 3 is 0.792 bits per heavy atom. The van der Waals surface area contributed by atoms with Crippen LogP contribution < -0.4 is 18.9 Å². The monoisotopic (exact) mass is 1500 g/mol. The summed E-state index contributed by atoms with van der Waals surface area (Å²) in [7, 11) is 0. The molecule has 12 saturated heterocycles. The molecule has 12 fully saturated rings. The van der Waals surface area contributed by atoms with E-state index < -0.39 is 145 Å². The maximum absolute atomic E-state index is 6.80. The summed E-state index contributed by atoms with van der Waals surface area (Å²) in [6.45, 7) is 39.6. The SMILES string of the molecule is C=C(c1ccc(OCCCCO[C@@H]2[C@H]3OC(C)(C)O[C@H]3O[C@@H]2[C@H]2COC(C)(C)O2)cc1OCCCCO[C@@H]1[C@H]2OC(C)(C)O[C@H]2O[C@@H]1[C@H]1COC(C)(C)O1)c1ccc(OCCCCO[C@@H]2[C@H]3OC(C)(C)O[C@H]3O[C@@H]2[C@H]2COC(C)(C)O2)cc1OCCCCO[C@@H]1[C@H]2OC(C)(C)O[C@H]2O[C@@H]1[C@H]1COC(C)(C)O1. The first-order chi connectivity index (χ1) is 50.2. The molecular weight excluding hydrogens is 1380 g/mol. The van der Waals surface area contributed by atoms with E-state index in [1.165, 1.54) is 0 Å². The summed E-state index contributed by atoms with van der Waals surface area (Å²) in [5.41, 5.74) is 2.17. The van der Waals surface area contributed by atoms with Gasteiger partial charge < -0.3 is 133 Å². The second-order valence-electron chi connectivity index (χ2n) is 33.1. The van der Waals surface area contributed by atoms with Crippen molar-refractivity contribution in [1.29, 1.82) is 0 Å². The summed E-state index contributed by atoms with van der Waals surface area (Å²) in [6, 6.07) is 11.7. The van der Waals surface area contributed by atoms with E-state index in [1.807, 2.05) is 147 Å². The van der Waals surface area contributed by atoms with Gasteiger partial charge >= 0.3 is 0 Å². The molecular formula is C78H116O28. The van der Waals surface area contributed by atoms with E-state index in [0.29, 0.717) is 159 Å². The van der Waals surface area contributed by atoms with Crippen molar-refractivity contribution in [3.8, 4) is 23.0 Å². The van der Waals surface area contributed by atoms with Gasteiger partial charge in [-0.15, -0.1) is 0 Å². The lowest BCUT2D eigenvalue weighted by Gasteiger charge is -2.29. The molecule has 0 aliphatic carbocycles. The average Bonchev–Trinajstić information content (AvgIpc) is 1.62. The highest BCUT2D eigenvalue weighted by Gasteiger charge is 2.63. The van der Waals surface area contributed by atoms with Crippen LogP contribution in [0.5, 0.6) is 23.0 Å². The highest BCUT2D eigenvalue weighted by atomic mass is 16.9. The molecule has 0 unspecified atom stereocenters. The fraction of sp³-hybridized carbons (Fsp3) is 0.821. The van der Waals surface area contributed by atoms with E-state index in [4.69, 9.17) is 139 Å². The summed E-state index contributed by atoms with van der Waals surface area (Å²) >= 11 is 0. The molecule has 0 saturated carbocycles. The van der Waals surface area contributed by atoms with E-state index in [2.05, 4.69) is 0 Å². The van der Waals surface area contributed by atoms with Crippen LogP contribution in [-0.4, -0.2) is 248 Å². The number of rotatable bonds is 34. The van der Waals surface area contributed by atoms with Gasteiger partial charge in [-0.1, -0.05) is 6.58 Å². The Bertz CT molecular complexity index is 3070. The molecule has 2 aromatic carbocycles. The molecule has 14 rings (SSSR count). The van der Waals surface area contributed by atoms with Crippen LogP contribution >= 0.6 is 0 Å². The van der Waals surface area contributed by atoms with Crippen LogP contribution in [0.1, 0.15) is 173 Å². The zero-order valence-corrected chi connectivity index (χ0v) is 64.8. The number of hydrogen-bond acceptors (Lipinski definition) is 28. The number of unbranched alkanes of at least 4 members (excludes halogenated alkanes) is 4. The van der Waals surface area contributed by atoms with Gasteiger partial charge in [0.05, 0.1) is 52.9 Å². The molecule has 596 valence electrons. The maximum Gasteiger partial charge on any atom is 0.190 e. The van der Waals surface area contributed by atoms with Crippen molar-refractivity contribution in [3.05, 3.63) is 54.1 Å². The van der Waals surface area contributed by atoms with Gasteiger partial charge in [0.2, 0.25) is 0 Å². The lowest BCUT2D eigenvalue weighted by Crippen LogP contribution is -2.44. The van der Waals surface area contributed by atoms with Crippen molar-refractivity contribution in [3.63, 3.8) is 0 Å². The third-order valence-electron chi connectivity index (χ3n) is 20.7. The minimum Gasteiger partial charge on any atom is -0.493 e. The molecule has 0 aromatic heterocycles. The smallest absolute Gasteiger partial charge is 0.190 e. The molecule has 106 heavy (non-hydrogen) atoms. The van der Waals surface area contributed by atoms with Crippen molar-refractivity contribution in [2.24, 2.45) is 0 Å². The van der Waals surface area contributed by atoms with Crippen LogP contribution in [0, 0.1) is 0 Å². The van der Waals surface area contributed by atoms with Crippen LogP contribution in [0.25, 0.3) is 5.57 Å². The molecule has 0 amide bonds. The molecule has 12 aliphatic heterocycles. The summed E-state index contributed by atoms with van der Waals surface area (Å²) in [6.07, 6.45) is -3.53. The van der Waals surface area contributed by atoms with Crippen molar-refractivity contribution in [2.45, 2.75) is 331 Å². The maximum atomic E-state index is 6.80. The van der Waals surface area contributed by atoms with E-state index in [0.717, 1.165) is 11.1 Å². The topological polar surface area (TPSA) is 258 Å². The fourth-order valence-electron chi connectivity index (χ4n) is 16.0. The minimum atomic E-state index is -0.829. The van der Waals surface area contributed by atoms with Crippen LogP contribution in [0.15, 0.2) is 43.0 Å². The van der Waals surface area contributed by atoms with Gasteiger partial charge in [0, 0.05) is 49.7 Å². The number of hydrogen-bond donors (Lipinski definition) is 0. The van der Waals surface area contributed by atoms with Crippen LogP contribution in [-0.2, 0) is 114 Å². The van der Waals surface area contributed by atoms with Crippen molar-refractivity contribution in [1.82, 2.24) is 0 Å². The zero-order chi connectivity index (χ0) is 74.8. The van der Waals surface area contributed by atoms with E-state index >= 15 is 0 Å². The average molecular weight is 1500 g/mol. The first-order valence-corrected chi connectivity index (χ1v) is 38.5. The molecule has 20 atom stereocenters. The first-order valence-electron chi connectivity index (χ1n) is 38.5. The molecule has 0 spiro atoms. The molecule has 0 bridgehead atoms. The van der Waals surface area contributed by atoms with Crippen LogP contribution in [0.2, 0.25) is 0 Å². The minimum absolute atomic E-state index is 0.339. The van der Waals surface area contributed by atoms with Gasteiger partial charge in [0.25, 0.3) is 0 Å². The largest absolute Gasteiger partial charge is 0.493 e. The zero-order valence-electron chi connectivity index (χ0n) is 64.8. The van der Waals surface area contributed by atoms with Gasteiger partial charge in [-0.25, -0.2) is 0 Å².